The molecule has 0 radical (unpaired) electrons. The Morgan fingerprint density at radius 1 is 1.53 bits per heavy atom. The first-order valence-corrected chi connectivity index (χ1v) is 6.36. The summed E-state index contributed by atoms with van der Waals surface area (Å²) < 4.78 is 5.36. The maximum Gasteiger partial charge on any atom is 0.322 e. The van der Waals surface area contributed by atoms with E-state index in [9.17, 15) is 9.59 Å². The molecule has 2 unspecified atom stereocenters. The second kappa shape index (κ2) is 4.94. The topological polar surface area (TPSA) is 49.9 Å². The van der Waals surface area contributed by atoms with Crippen molar-refractivity contribution < 1.29 is 14.3 Å². The number of nitrogens with zero attached hydrogens (tertiary/aromatic N) is 2. The molecule has 0 aromatic heterocycles. The van der Waals surface area contributed by atoms with Gasteiger partial charge in [-0.2, -0.15) is 0 Å². The third kappa shape index (κ3) is 2.37. The van der Waals surface area contributed by atoms with E-state index in [0.717, 1.165) is 32.2 Å². The van der Waals surface area contributed by atoms with Crippen LogP contribution in [-0.2, 0) is 9.53 Å². The fourth-order valence-corrected chi connectivity index (χ4v) is 2.59. The van der Waals surface area contributed by atoms with E-state index >= 15 is 0 Å². The number of ether oxygens (including phenoxy) is 1. The first kappa shape index (κ1) is 12.2. The molecule has 2 fully saturated rings. The summed E-state index contributed by atoms with van der Waals surface area (Å²) in [6, 6.07) is 0.256. The van der Waals surface area contributed by atoms with Gasteiger partial charge >= 0.3 is 12.0 Å². The van der Waals surface area contributed by atoms with Gasteiger partial charge in [-0.25, -0.2) is 4.79 Å². The third-order valence-electron chi connectivity index (χ3n) is 3.55. The van der Waals surface area contributed by atoms with Gasteiger partial charge in [0.1, 0.15) is 0 Å². The number of hydrogen-bond acceptors (Lipinski definition) is 3. The van der Waals surface area contributed by atoms with Crippen molar-refractivity contribution in [1.29, 1.82) is 0 Å². The number of esters is 1. The van der Waals surface area contributed by atoms with E-state index < -0.39 is 0 Å². The molecule has 0 spiro atoms. The first-order chi connectivity index (χ1) is 8.13. The predicted molar refractivity (Wildman–Crippen MR) is 62.3 cm³/mol. The van der Waals surface area contributed by atoms with Crippen molar-refractivity contribution in [3.8, 4) is 0 Å². The highest BCUT2D eigenvalue weighted by Crippen LogP contribution is 2.29. The highest BCUT2D eigenvalue weighted by atomic mass is 16.6. The minimum atomic E-state index is -0.374. The van der Waals surface area contributed by atoms with Crippen molar-refractivity contribution in [3.05, 3.63) is 0 Å². The number of fused-ring (bicyclic) bond motifs is 1. The summed E-state index contributed by atoms with van der Waals surface area (Å²) in [5, 5.41) is 0. The van der Waals surface area contributed by atoms with Crippen LogP contribution in [0, 0.1) is 0 Å². The average molecular weight is 240 g/mol. The van der Waals surface area contributed by atoms with Gasteiger partial charge in [-0.15, -0.1) is 0 Å². The zero-order valence-corrected chi connectivity index (χ0v) is 10.5. The van der Waals surface area contributed by atoms with Crippen molar-refractivity contribution >= 4 is 12.0 Å². The second-order valence-electron chi connectivity index (χ2n) is 4.81. The molecule has 5 heteroatoms. The Hall–Kier alpha value is -1.26. The molecule has 0 aromatic rings. The highest BCUT2D eigenvalue weighted by molar-refractivity contribution is 5.77. The lowest BCUT2D eigenvalue weighted by atomic mass is 10.1. The molecule has 0 bridgehead atoms. The van der Waals surface area contributed by atoms with Crippen LogP contribution in [0.25, 0.3) is 0 Å². The quantitative estimate of drug-likeness (QED) is 0.704. The Morgan fingerprint density at radius 3 is 3.00 bits per heavy atom. The summed E-state index contributed by atoms with van der Waals surface area (Å²) >= 11 is 0. The Labute approximate surface area is 102 Å². The fraction of sp³-hybridized carbons (Fsp3) is 0.833. The molecule has 17 heavy (non-hydrogen) atoms. The number of urea groups is 1. The minimum absolute atomic E-state index is 0.00644. The molecule has 0 aliphatic carbocycles. The van der Waals surface area contributed by atoms with Gasteiger partial charge in [-0.05, 0) is 19.3 Å². The van der Waals surface area contributed by atoms with Gasteiger partial charge < -0.3 is 9.64 Å². The van der Waals surface area contributed by atoms with Crippen LogP contribution in [-0.4, -0.2) is 47.7 Å². The van der Waals surface area contributed by atoms with Crippen LogP contribution in [0.4, 0.5) is 4.79 Å². The van der Waals surface area contributed by atoms with Gasteiger partial charge in [0.25, 0.3) is 0 Å². The monoisotopic (exact) mass is 240 g/mol. The van der Waals surface area contributed by atoms with E-state index in [1.54, 1.807) is 11.9 Å². The molecule has 2 aliphatic heterocycles. The lowest BCUT2D eigenvalue weighted by Crippen LogP contribution is -2.56. The summed E-state index contributed by atoms with van der Waals surface area (Å²) in [4.78, 5) is 26.9. The van der Waals surface area contributed by atoms with Gasteiger partial charge in [0.05, 0.1) is 0 Å². The summed E-state index contributed by atoms with van der Waals surface area (Å²) in [5.41, 5.74) is 0. The molecule has 2 saturated heterocycles. The van der Waals surface area contributed by atoms with E-state index in [-0.39, 0.29) is 24.3 Å². The molecule has 2 atom stereocenters. The van der Waals surface area contributed by atoms with Crippen molar-refractivity contribution in [2.24, 2.45) is 0 Å². The minimum Gasteiger partial charge on any atom is -0.441 e. The Bertz CT molecular complexity index is 319. The number of rotatable bonds is 3. The maximum atomic E-state index is 12.0. The van der Waals surface area contributed by atoms with Crippen LogP contribution >= 0.6 is 0 Å². The predicted octanol–water partition coefficient (Wildman–Crippen LogP) is 1.58. The summed E-state index contributed by atoms with van der Waals surface area (Å²) in [5.74, 6) is -0.205. The number of hydrogen-bond donors (Lipinski definition) is 0. The smallest absolute Gasteiger partial charge is 0.322 e. The summed E-state index contributed by atoms with van der Waals surface area (Å²) in [6.45, 7) is 2.78. The maximum absolute atomic E-state index is 12.0. The normalized spacial score (nSPS) is 28.2. The molecule has 2 rings (SSSR count). The first-order valence-electron chi connectivity index (χ1n) is 6.36. The highest BCUT2D eigenvalue weighted by Gasteiger charge is 2.41. The van der Waals surface area contributed by atoms with Crippen LogP contribution in [0.5, 0.6) is 0 Å². The van der Waals surface area contributed by atoms with Crippen molar-refractivity contribution in [1.82, 2.24) is 9.80 Å². The Morgan fingerprint density at radius 2 is 2.29 bits per heavy atom. The lowest BCUT2D eigenvalue weighted by Gasteiger charge is -2.40. The molecule has 96 valence electrons. The van der Waals surface area contributed by atoms with Gasteiger partial charge in [-0.1, -0.05) is 6.92 Å². The molecule has 0 saturated carbocycles. The van der Waals surface area contributed by atoms with E-state index in [4.69, 9.17) is 4.74 Å². The fourth-order valence-electron chi connectivity index (χ4n) is 2.59. The zero-order chi connectivity index (χ0) is 12.4. The van der Waals surface area contributed by atoms with E-state index in [0.29, 0.717) is 6.42 Å². The summed E-state index contributed by atoms with van der Waals surface area (Å²) in [6.07, 6.45) is 3.66. The van der Waals surface area contributed by atoms with Crippen LogP contribution in [0.3, 0.4) is 0 Å². The van der Waals surface area contributed by atoms with Crippen LogP contribution in [0.15, 0.2) is 0 Å². The number of carbonyl (C=O) groups is 2. The van der Waals surface area contributed by atoms with Crippen LogP contribution in [0.1, 0.15) is 39.0 Å². The molecular formula is C12H20N2O3. The lowest BCUT2D eigenvalue weighted by molar-refractivity contribution is -0.159. The molecule has 5 nitrogen and oxygen atoms in total. The molecule has 2 aliphatic rings. The van der Waals surface area contributed by atoms with Crippen LogP contribution in [0.2, 0.25) is 0 Å². The van der Waals surface area contributed by atoms with Crippen molar-refractivity contribution in [2.45, 2.75) is 51.3 Å². The zero-order valence-electron chi connectivity index (χ0n) is 10.5. The molecule has 2 heterocycles. The standard InChI is InChI=1S/C12H20N2O3/c1-3-5-11(15)17-10-8-9-6-4-7-14(9)12(16)13(10)2/h9-10H,3-8H2,1-2H3. The number of amides is 2. The third-order valence-corrected chi connectivity index (χ3v) is 3.55. The van der Waals surface area contributed by atoms with Gasteiger partial charge in [0.15, 0.2) is 6.23 Å². The van der Waals surface area contributed by atoms with E-state index in [1.807, 2.05) is 11.8 Å². The largest absolute Gasteiger partial charge is 0.441 e. The van der Waals surface area contributed by atoms with E-state index in [1.165, 1.54) is 0 Å². The van der Waals surface area contributed by atoms with Crippen molar-refractivity contribution in [2.75, 3.05) is 13.6 Å². The van der Waals surface area contributed by atoms with Gasteiger partial charge in [0, 0.05) is 32.5 Å². The average Bonchev–Trinajstić information content (AvgIpc) is 2.74. The molecule has 0 N–H and O–H groups in total. The second-order valence-corrected chi connectivity index (χ2v) is 4.81. The Kier molecular flexibility index (Phi) is 3.54. The summed E-state index contributed by atoms with van der Waals surface area (Å²) in [7, 11) is 1.71. The molecular weight excluding hydrogens is 220 g/mol. The molecule has 2 amide bonds. The van der Waals surface area contributed by atoms with Crippen LogP contribution < -0.4 is 0 Å². The SMILES string of the molecule is CCCC(=O)OC1CC2CCCN2C(=O)N1C. The van der Waals surface area contributed by atoms with Crippen molar-refractivity contribution in [3.63, 3.8) is 0 Å². The Balaban J connectivity index is 1.98. The van der Waals surface area contributed by atoms with Gasteiger partial charge in [-0.3, -0.25) is 9.69 Å². The van der Waals surface area contributed by atoms with Gasteiger partial charge in [0.2, 0.25) is 0 Å². The van der Waals surface area contributed by atoms with E-state index in [2.05, 4.69) is 0 Å². The molecule has 0 aromatic carbocycles. The number of carbonyl (C=O) groups excluding carboxylic acids is 2.